The molecule has 0 saturated heterocycles. The van der Waals surface area contributed by atoms with Crippen LogP contribution in [0.15, 0.2) is 24.7 Å². The Morgan fingerprint density at radius 3 is 2.64 bits per heavy atom. The smallest absolute Gasteiger partial charge is 0.236 e. The van der Waals surface area contributed by atoms with E-state index in [4.69, 9.17) is 11.0 Å². The molecule has 25 heavy (non-hydrogen) atoms. The van der Waals surface area contributed by atoms with Gasteiger partial charge in [-0.25, -0.2) is 9.97 Å². The molecule has 9 nitrogen and oxygen atoms in total. The molecule has 1 aliphatic rings. The third kappa shape index (κ3) is 4.06. The van der Waals surface area contributed by atoms with Crippen molar-refractivity contribution >= 4 is 23.3 Å². The van der Waals surface area contributed by atoms with Gasteiger partial charge in [-0.3, -0.25) is 14.6 Å². The number of primary amides is 1. The van der Waals surface area contributed by atoms with Crippen molar-refractivity contribution in [3.8, 4) is 17.3 Å². The Morgan fingerprint density at radius 1 is 1.24 bits per heavy atom. The quantitative estimate of drug-likeness (QED) is 0.701. The highest BCUT2D eigenvalue weighted by atomic mass is 16.2. The lowest BCUT2D eigenvalue weighted by atomic mass is 10.1. The summed E-state index contributed by atoms with van der Waals surface area (Å²) in [5.41, 5.74) is 6.75. The predicted octanol–water partition coefficient (Wildman–Crippen LogP) is 0.656. The van der Waals surface area contributed by atoms with Gasteiger partial charge in [-0.05, 0) is 18.9 Å². The lowest BCUT2D eigenvalue weighted by Gasteiger charge is -2.08. The maximum absolute atomic E-state index is 11.7. The van der Waals surface area contributed by atoms with E-state index in [0.29, 0.717) is 22.8 Å². The number of nitrogens with zero attached hydrogens (tertiary/aromatic N) is 4. The van der Waals surface area contributed by atoms with Gasteiger partial charge in [0.05, 0.1) is 30.3 Å². The molecular formula is C16H15N7O2. The Morgan fingerprint density at radius 2 is 2.04 bits per heavy atom. The third-order valence-electron chi connectivity index (χ3n) is 3.59. The van der Waals surface area contributed by atoms with Crippen LogP contribution < -0.4 is 16.4 Å². The highest BCUT2D eigenvalue weighted by Gasteiger charge is 2.29. The molecule has 0 aliphatic heterocycles. The van der Waals surface area contributed by atoms with Crippen LogP contribution in [-0.2, 0) is 9.59 Å². The zero-order chi connectivity index (χ0) is 17.8. The average molecular weight is 337 g/mol. The monoisotopic (exact) mass is 337 g/mol. The van der Waals surface area contributed by atoms with E-state index in [2.05, 4.69) is 25.6 Å². The number of amides is 2. The molecule has 0 spiro atoms. The van der Waals surface area contributed by atoms with Gasteiger partial charge in [0.15, 0.2) is 11.5 Å². The minimum absolute atomic E-state index is 0.0416. The molecule has 2 aromatic heterocycles. The molecule has 1 saturated carbocycles. The molecule has 2 aromatic rings. The maximum atomic E-state index is 11.7. The lowest BCUT2D eigenvalue weighted by molar-refractivity contribution is -0.117. The van der Waals surface area contributed by atoms with Crippen LogP contribution in [0, 0.1) is 17.2 Å². The normalized spacial score (nSPS) is 12.9. The molecule has 0 aromatic carbocycles. The molecule has 0 unspecified atom stereocenters. The molecule has 2 amide bonds. The minimum atomic E-state index is -0.551. The number of nitrogens with two attached hydrogens (primary N) is 1. The number of pyridine rings is 1. The zero-order valence-electron chi connectivity index (χ0n) is 13.2. The Bertz CT molecular complexity index is 854. The Hall–Kier alpha value is -3.54. The van der Waals surface area contributed by atoms with Crippen LogP contribution in [0.4, 0.5) is 11.5 Å². The van der Waals surface area contributed by atoms with E-state index >= 15 is 0 Å². The molecule has 1 aliphatic carbocycles. The number of hydrogen-bond acceptors (Lipinski definition) is 7. The maximum Gasteiger partial charge on any atom is 0.236 e. The van der Waals surface area contributed by atoms with E-state index in [1.54, 1.807) is 6.07 Å². The fourth-order valence-corrected chi connectivity index (χ4v) is 2.13. The van der Waals surface area contributed by atoms with Crippen LogP contribution >= 0.6 is 0 Å². The molecule has 4 N–H and O–H groups in total. The van der Waals surface area contributed by atoms with Crippen LogP contribution in [0.1, 0.15) is 18.5 Å². The van der Waals surface area contributed by atoms with Crippen LogP contribution in [0.5, 0.6) is 0 Å². The minimum Gasteiger partial charge on any atom is -0.374 e. The number of rotatable bonds is 6. The average Bonchev–Trinajstić information content (AvgIpc) is 3.45. The van der Waals surface area contributed by atoms with Gasteiger partial charge in [0.2, 0.25) is 11.8 Å². The number of nitriles is 1. The van der Waals surface area contributed by atoms with E-state index in [1.807, 2.05) is 6.07 Å². The number of carbonyl (C=O) groups excluding carboxylic acids is 2. The number of anilines is 2. The largest absolute Gasteiger partial charge is 0.374 e. The summed E-state index contributed by atoms with van der Waals surface area (Å²) in [4.78, 5) is 35.1. The fraction of sp³-hybridized carbons (Fsp3) is 0.250. The van der Waals surface area contributed by atoms with Crippen molar-refractivity contribution in [1.82, 2.24) is 15.0 Å². The van der Waals surface area contributed by atoms with Gasteiger partial charge in [0.1, 0.15) is 6.07 Å². The van der Waals surface area contributed by atoms with Crippen LogP contribution in [-0.4, -0.2) is 33.3 Å². The summed E-state index contributed by atoms with van der Waals surface area (Å²) < 4.78 is 0. The van der Waals surface area contributed by atoms with E-state index in [1.165, 1.54) is 18.6 Å². The molecule has 9 heteroatoms. The van der Waals surface area contributed by atoms with E-state index in [0.717, 1.165) is 12.8 Å². The Kier molecular flexibility index (Phi) is 4.52. The summed E-state index contributed by atoms with van der Waals surface area (Å²) in [6.45, 7) is -0.113. The van der Waals surface area contributed by atoms with Crippen molar-refractivity contribution in [1.29, 1.82) is 5.26 Å². The van der Waals surface area contributed by atoms with Crippen molar-refractivity contribution in [3.05, 3.63) is 30.4 Å². The van der Waals surface area contributed by atoms with Gasteiger partial charge >= 0.3 is 0 Å². The molecule has 2 heterocycles. The van der Waals surface area contributed by atoms with Crippen molar-refractivity contribution in [3.63, 3.8) is 0 Å². The summed E-state index contributed by atoms with van der Waals surface area (Å²) in [6, 6.07) is 3.58. The SMILES string of the molecule is N#Cc1ncc(-c2cnc(NC(=O)C3CC3)cn2)cc1NCC(N)=O. The molecule has 0 radical (unpaired) electrons. The zero-order valence-corrected chi connectivity index (χ0v) is 13.2. The fourth-order valence-electron chi connectivity index (χ4n) is 2.13. The van der Waals surface area contributed by atoms with Crippen molar-refractivity contribution in [2.75, 3.05) is 17.2 Å². The summed E-state index contributed by atoms with van der Waals surface area (Å²) in [5, 5.41) is 14.6. The van der Waals surface area contributed by atoms with Gasteiger partial charge < -0.3 is 16.4 Å². The predicted molar refractivity (Wildman–Crippen MR) is 89.0 cm³/mol. The molecular weight excluding hydrogens is 322 g/mol. The highest BCUT2D eigenvalue weighted by Crippen LogP contribution is 2.30. The lowest BCUT2D eigenvalue weighted by Crippen LogP contribution is -2.22. The van der Waals surface area contributed by atoms with E-state index < -0.39 is 5.91 Å². The molecule has 1 fully saturated rings. The Balaban J connectivity index is 1.78. The first-order chi connectivity index (χ1) is 12.1. The summed E-state index contributed by atoms with van der Waals surface area (Å²) in [5.74, 6) is -0.123. The second kappa shape index (κ2) is 6.92. The highest BCUT2D eigenvalue weighted by molar-refractivity contribution is 5.93. The van der Waals surface area contributed by atoms with E-state index in [9.17, 15) is 9.59 Å². The van der Waals surface area contributed by atoms with Crippen molar-refractivity contribution in [2.45, 2.75) is 12.8 Å². The first kappa shape index (κ1) is 16.3. The second-order valence-electron chi connectivity index (χ2n) is 5.60. The van der Waals surface area contributed by atoms with Crippen LogP contribution in [0.3, 0.4) is 0 Å². The molecule has 0 bridgehead atoms. The first-order valence-corrected chi connectivity index (χ1v) is 7.62. The molecule has 0 atom stereocenters. The number of hydrogen-bond donors (Lipinski definition) is 3. The summed E-state index contributed by atoms with van der Waals surface area (Å²) in [7, 11) is 0. The van der Waals surface area contributed by atoms with Crippen LogP contribution in [0.25, 0.3) is 11.3 Å². The third-order valence-corrected chi connectivity index (χ3v) is 3.59. The van der Waals surface area contributed by atoms with Crippen molar-refractivity contribution in [2.24, 2.45) is 11.7 Å². The van der Waals surface area contributed by atoms with Crippen molar-refractivity contribution < 1.29 is 9.59 Å². The summed E-state index contributed by atoms with van der Waals surface area (Å²) >= 11 is 0. The van der Waals surface area contributed by atoms with Gasteiger partial charge in [0, 0.05) is 17.7 Å². The van der Waals surface area contributed by atoms with E-state index in [-0.39, 0.29) is 24.1 Å². The topological polar surface area (TPSA) is 147 Å². The number of carbonyl (C=O) groups is 2. The molecule has 3 rings (SSSR count). The molecule has 126 valence electrons. The van der Waals surface area contributed by atoms with Gasteiger partial charge in [-0.15, -0.1) is 0 Å². The first-order valence-electron chi connectivity index (χ1n) is 7.62. The standard InChI is InChI=1S/C16H15N7O2/c17-4-12-11(20-7-14(18)24)3-10(5-19-12)13-6-22-15(8-21-13)23-16(25)9-1-2-9/h3,5-6,8-9,20H,1-2,7H2,(H2,18,24)(H,22,23,25). The number of aromatic nitrogens is 3. The van der Waals surface area contributed by atoms with Crippen LogP contribution in [0.2, 0.25) is 0 Å². The van der Waals surface area contributed by atoms with Gasteiger partial charge in [-0.2, -0.15) is 5.26 Å². The number of nitrogens with one attached hydrogen (secondary N) is 2. The summed E-state index contributed by atoms with van der Waals surface area (Å²) in [6.07, 6.45) is 6.28. The second-order valence-corrected chi connectivity index (χ2v) is 5.60. The Labute approximate surface area is 143 Å². The van der Waals surface area contributed by atoms with Gasteiger partial charge in [0.25, 0.3) is 0 Å². The van der Waals surface area contributed by atoms with Gasteiger partial charge in [-0.1, -0.05) is 0 Å².